The zero-order valence-corrected chi connectivity index (χ0v) is 12.3. The summed E-state index contributed by atoms with van der Waals surface area (Å²) in [7, 11) is 0. The molecule has 1 saturated carbocycles. The van der Waals surface area contributed by atoms with Crippen molar-refractivity contribution in [3.05, 3.63) is 36.0 Å². The van der Waals surface area contributed by atoms with E-state index in [1.54, 1.807) is 6.07 Å². The van der Waals surface area contributed by atoms with Crippen molar-refractivity contribution in [1.29, 1.82) is 0 Å². The smallest absolute Gasteiger partial charge is 0.354 e. The van der Waals surface area contributed by atoms with Gasteiger partial charge in [-0.1, -0.05) is 38.1 Å². The summed E-state index contributed by atoms with van der Waals surface area (Å²) in [6, 6.07) is 9.77. The number of carboxylic acid groups (broad SMARTS) is 1. The number of hydrogen-bond donors (Lipinski definition) is 2. The number of hydrogen-bond acceptors (Lipinski definition) is 3. The van der Waals surface area contributed by atoms with Crippen molar-refractivity contribution in [2.75, 3.05) is 5.32 Å². The van der Waals surface area contributed by atoms with Gasteiger partial charge in [-0.3, -0.25) is 0 Å². The average Bonchev–Trinajstić information content (AvgIpc) is 2.79. The van der Waals surface area contributed by atoms with Gasteiger partial charge in [-0.2, -0.15) is 0 Å². The monoisotopic (exact) mass is 284 g/mol. The summed E-state index contributed by atoms with van der Waals surface area (Å²) in [6.45, 7) is 4.52. The number of carbonyl (C=O) groups is 1. The summed E-state index contributed by atoms with van der Waals surface area (Å²) >= 11 is 0. The molecule has 1 aliphatic carbocycles. The van der Waals surface area contributed by atoms with E-state index in [9.17, 15) is 9.90 Å². The molecular formula is C17H20N2O2. The zero-order chi connectivity index (χ0) is 15.0. The van der Waals surface area contributed by atoms with Crippen LogP contribution in [-0.2, 0) is 0 Å². The summed E-state index contributed by atoms with van der Waals surface area (Å²) in [6.07, 6.45) is 2.31. The summed E-state index contributed by atoms with van der Waals surface area (Å²) in [5, 5.41) is 14.6. The predicted octanol–water partition coefficient (Wildman–Crippen LogP) is 3.78. The SMILES string of the molecule is CC1CCC(Nc2nc(C(=O)O)cc3ccccc23)C1C. The molecule has 1 heterocycles. The molecule has 4 nitrogen and oxygen atoms in total. The highest BCUT2D eigenvalue weighted by molar-refractivity contribution is 5.97. The molecule has 0 radical (unpaired) electrons. The lowest BCUT2D eigenvalue weighted by Gasteiger charge is -2.21. The van der Waals surface area contributed by atoms with E-state index in [1.807, 2.05) is 24.3 Å². The largest absolute Gasteiger partial charge is 0.477 e. The second-order valence-electron chi connectivity index (χ2n) is 6.05. The van der Waals surface area contributed by atoms with Gasteiger partial charge in [-0.25, -0.2) is 9.78 Å². The molecule has 0 amide bonds. The molecule has 2 N–H and O–H groups in total. The molecule has 110 valence electrons. The van der Waals surface area contributed by atoms with E-state index in [1.165, 1.54) is 6.42 Å². The van der Waals surface area contributed by atoms with Crippen LogP contribution < -0.4 is 5.32 Å². The third-order valence-electron chi connectivity index (χ3n) is 4.75. The Kier molecular flexibility index (Phi) is 3.53. The van der Waals surface area contributed by atoms with Gasteiger partial charge < -0.3 is 10.4 Å². The molecule has 21 heavy (non-hydrogen) atoms. The topological polar surface area (TPSA) is 62.2 Å². The van der Waals surface area contributed by atoms with Gasteiger partial charge >= 0.3 is 5.97 Å². The van der Waals surface area contributed by atoms with E-state index in [-0.39, 0.29) is 5.69 Å². The first kappa shape index (κ1) is 13.9. The Morgan fingerprint density at radius 3 is 2.71 bits per heavy atom. The number of aromatic carboxylic acids is 1. The first-order valence-corrected chi connectivity index (χ1v) is 7.46. The first-order valence-electron chi connectivity index (χ1n) is 7.46. The second kappa shape index (κ2) is 5.35. The molecule has 0 saturated heterocycles. The van der Waals surface area contributed by atoms with Crippen molar-refractivity contribution in [1.82, 2.24) is 4.98 Å². The predicted molar refractivity (Wildman–Crippen MR) is 83.7 cm³/mol. The molecule has 1 aromatic carbocycles. The third kappa shape index (κ3) is 2.58. The van der Waals surface area contributed by atoms with Crippen LogP contribution in [0, 0.1) is 11.8 Å². The molecule has 3 atom stereocenters. The molecule has 1 aliphatic rings. The number of pyridine rings is 1. The molecule has 2 aromatic rings. The van der Waals surface area contributed by atoms with Crippen molar-refractivity contribution < 1.29 is 9.90 Å². The van der Waals surface area contributed by atoms with Gasteiger partial charge in [0, 0.05) is 11.4 Å². The molecule has 3 rings (SSSR count). The number of anilines is 1. The Balaban J connectivity index is 2.02. The van der Waals surface area contributed by atoms with E-state index in [0.29, 0.717) is 23.7 Å². The average molecular weight is 284 g/mol. The Morgan fingerprint density at radius 1 is 1.29 bits per heavy atom. The van der Waals surface area contributed by atoms with Crippen LogP contribution in [0.4, 0.5) is 5.82 Å². The Morgan fingerprint density at radius 2 is 2.05 bits per heavy atom. The number of rotatable bonds is 3. The summed E-state index contributed by atoms with van der Waals surface area (Å²) < 4.78 is 0. The highest BCUT2D eigenvalue weighted by Gasteiger charge is 2.30. The number of nitrogens with zero attached hydrogens (tertiary/aromatic N) is 1. The fraction of sp³-hybridized carbons (Fsp3) is 0.412. The third-order valence-corrected chi connectivity index (χ3v) is 4.75. The van der Waals surface area contributed by atoms with E-state index < -0.39 is 5.97 Å². The lowest BCUT2D eigenvalue weighted by Crippen LogP contribution is -2.25. The maximum absolute atomic E-state index is 11.3. The van der Waals surface area contributed by atoms with Crippen LogP contribution in [0.5, 0.6) is 0 Å². The maximum Gasteiger partial charge on any atom is 0.354 e. The standard InChI is InChI=1S/C17H20N2O2/c1-10-7-8-14(11(10)2)18-16-13-6-4-3-5-12(13)9-15(19-16)17(20)21/h3-6,9-11,14H,7-8H2,1-2H3,(H,18,19)(H,20,21). The molecular weight excluding hydrogens is 264 g/mol. The minimum absolute atomic E-state index is 0.0925. The molecule has 4 heteroatoms. The minimum Gasteiger partial charge on any atom is -0.477 e. The van der Waals surface area contributed by atoms with Gasteiger partial charge in [0.15, 0.2) is 5.69 Å². The maximum atomic E-state index is 11.3. The molecule has 1 aromatic heterocycles. The number of aromatic nitrogens is 1. The fourth-order valence-electron chi connectivity index (χ4n) is 3.16. The van der Waals surface area contributed by atoms with E-state index in [2.05, 4.69) is 24.1 Å². The number of carboxylic acids is 1. The minimum atomic E-state index is -0.989. The molecule has 0 bridgehead atoms. The normalized spacial score (nSPS) is 25.1. The van der Waals surface area contributed by atoms with E-state index in [4.69, 9.17) is 0 Å². The Bertz CT molecular complexity index is 684. The Labute approximate surface area is 124 Å². The quantitative estimate of drug-likeness (QED) is 0.900. The second-order valence-corrected chi connectivity index (χ2v) is 6.05. The highest BCUT2D eigenvalue weighted by Crippen LogP contribution is 2.34. The van der Waals surface area contributed by atoms with Gasteiger partial charge in [-0.15, -0.1) is 0 Å². The molecule has 3 unspecified atom stereocenters. The van der Waals surface area contributed by atoms with Gasteiger partial charge in [0.05, 0.1) is 0 Å². The lowest BCUT2D eigenvalue weighted by atomic mass is 9.97. The van der Waals surface area contributed by atoms with Crippen LogP contribution in [0.15, 0.2) is 30.3 Å². The van der Waals surface area contributed by atoms with Gasteiger partial charge in [-0.05, 0) is 36.1 Å². The van der Waals surface area contributed by atoms with Crippen LogP contribution in [0.1, 0.15) is 37.2 Å². The van der Waals surface area contributed by atoms with Crippen molar-refractivity contribution in [2.45, 2.75) is 32.7 Å². The van der Waals surface area contributed by atoms with Crippen molar-refractivity contribution >= 4 is 22.6 Å². The molecule has 0 aliphatic heterocycles. The highest BCUT2D eigenvalue weighted by atomic mass is 16.4. The van der Waals surface area contributed by atoms with Crippen molar-refractivity contribution in [3.8, 4) is 0 Å². The molecule has 0 spiro atoms. The zero-order valence-electron chi connectivity index (χ0n) is 12.3. The summed E-state index contributed by atoms with van der Waals surface area (Å²) in [5.41, 5.74) is 0.0925. The summed E-state index contributed by atoms with van der Waals surface area (Å²) in [4.78, 5) is 15.6. The van der Waals surface area contributed by atoms with Crippen molar-refractivity contribution in [3.63, 3.8) is 0 Å². The van der Waals surface area contributed by atoms with Gasteiger partial charge in [0.2, 0.25) is 0 Å². The van der Waals surface area contributed by atoms with Crippen LogP contribution >= 0.6 is 0 Å². The van der Waals surface area contributed by atoms with Gasteiger partial charge in [0.1, 0.15) is 5.82 Å². The first-order chi connectivity index (χ1) is 10.1. The van der Waals surface area contributed by atoms with Crippen LogP contribution in [0.2, 0.25) is 0 Å². The van der Waals surface area contributed by atoms with Crippen LogP contribution in [0.3, 0.4) is 0 Å². The van der Waals surface area contributed by atoms with Crippen LogP contribution in [-0.4, -0.2) is 22.1 Å². The fourth-order valence-corrected chi connectivity index (χ4v) is 3.16. The summed E-state index contributed by atoms with van der Waals surface area (Å²) in [5.74, 6) is 0.962. The number of nitrogens with one attached hydrogen (secondary N) is 1. The number of benzene rings is 1. The van der Waals surface area contributed by atoms with Crippen LogP contribution in [0.25, 0.3) is 10.8 Å². The van der Waals surface area contributed by atoms with Gasteiger partial charge in [0.25, 0.3) is 0 Å². The number of fused-ring (bicyclic) bond motifs is 1. The van der Waals surface area contributed by atoms with E-state index >= 15 is 0 Å². The Hall–Kier alpha value is -2.10. The lowest BCUT2D eigenvalue weighted by molar-refractivity contribution is 0.0691. The van der Waals surface area contributed by atoms with Crippen molar-refractivity contribution in [2.24, 2.45) is 11.8 Å². The van der Waals surface area contributed by atoms with E-state index in [0.717, 1.165) is 17.2 Å². The molecule has 1 fully saturated rings.